The molecule has 2 saturated carbocycles. The Morgan fingerprint density at radius 1 is 1.11 bits per heavy atom. The minimum atomic E-state index is -3.30. The number of sulfonamides is 1. The second-order valence-electron chi connectivity index (χ2n) is 8.89. The molecule has 1 aromatic carbocycles. The molecule has 6 heteroatoms. The van der Waals surface area contributed by atoms with Crippen molar-refractivity contribution in [3.8, 4) is 0 Å². The standard InChI is InChI=1S/C22H32N2O3S/c25-22(23-21-15-18-10-11-19(21)14-18)20-9-4-12-24(16-20)28(26,27)13-5-8-17-6-2-1-3-7-17/h1-3,6-7,18-21H,4-5,8-16H2,(H,23,25)/t18-,19+,20+,21+/m0/s1. The van der Waals surface area contributed by atoms with E-state index in [2.05, 4.69) is 5.32 Å². The van der Waals surface area contributed by atoms with Crippen LogP contribution in [0.3, 0.4) is 0 Å². The summed E-state index contributed by atoms with van der Waals surface area (Å²) in [4.78, 5) is 12.8. The van der Waals surface area contributed by atoms with Gasteiger partial charge in [-0.2, -0.15) is 0 Å². The summed E-state index contributed by atoms with van der Waals surface area (Å²) in [5.41, 5.74) is 1.17. The summed E-state index contributed by atoms with van der Waals surface area (Å²) >= 11 is 0. The van der Waals surface area contributed by atoms with E-state index in [9.17, 15) is 13.2 Å². The van der Waals surface area contributed by atoms with Crippen molar-refractivity contribution in [3.05, 3.63) is 35.9 Å². The molecule has 0 unspecified atom stereocenters. The Kier molecular flexibility index (Phi) is 6.07. The lowest BCUT2D eigenvalue weighted by molar-refractivity contribution is -0.127. The largest absolute Gasteiger partial charge is 0.353 e. The molecular formula is C22H32N2O3S. The van der Waals surface area contributed by atoms with Crippen LogP contribution in [0.4, 0.5) is 0 Å². The third-order valence-corrected chi connectivity index (χ3v) is 8.85. The van der Waals surface area contributed by atoms with Gasteiger partial charge in [-0.15, -0.1) is 0 Å². The molecular weight excluding hydrogens is 372 g/mol. The van der Waals surface area contributed by atoms with Gasteiger partial charge in [0.2, 0.25) is 15.9 Å². The first-order valence-corrected chi connectivity index (χ1v) is 12.4. The third kappa shape index (κ3) is 4.60. The maximum Gasteiger partial charge on any atom is 0.224 e. The number of aryl methyl sites for hydroxylation is 1. The maximum atomic E-state index is 12.8. The highest BCUT2D eigenvalue weighted by Gasteiger charge is 2.41. The Labute approximate surface area is 168 Å². The Morgan fingerprint density at radius 2 is 1.93 bits per heavy atom. The van der Waals surface area contributed by atoms with Gasteiger partial charge in [0.1, 0.15) is 0 Å². The number of hydrogen-bond donors (Lipinski definition) is 1. The maximum absolute atomic E-state index is 12.8. The smallest absolute Gasteiger partial charge is 0.224 e. The van der Waals surface area contributed by atoms with Crippen LogP contribution in [-0.4, -0.2) is 43.5 Å². The zero-order valence-corrected chi connectivity index (χ0v) is 17.4. The van der Waals surface area contributed by atoms with E-state index in [0.29, 0.717) is 31.5 Å². The monoisotopic (exact) mass is 404 g/mol. The van der Waals surface area contributed by atoms with Gasteiger partial charge >= 0.3 is 0 Å². The Hall–Kier alpha value is -1.40. The predicted octanol–water partition coefficient (Wildman–Crippen LogP) is 2.97. The van der Waals surface area contributed by atoms with E-state index in [1.54, 1.807) is 4.31 Å². The van der Waals surface area contributed by atoms with Gasteiger partial charge in [-0.1, -0.05) is 36.8 Å². The summed E-state index contributed by atoms with van der Waals surface area (Å²) < 4.78 is 27.1. The van der Waals surface area contributed by atoms with E-state index in [1.165, 1.54) is 24.8 Å². The number of fused-ring (bicyclic) bond motifs is 2. The fourth-order valence-electron chi connectivity index (χ4n) is 5.36. The molecule has 154 valence electrons. The van der Waals surface area contributed by atoms with Gasteiger partial charge in [0, 0.05) is 19.1 Å². The first-order valence-electron chi connectivity index (χ1n) is 10.8. The van der Waals surface area contributed by atoms with Gasteiger partial charge in [-0.05, 0) is 62.3 Å². The summed E-state index contributed by atoms with van der Waals surface area (Å²) in [6, 6.07) is 10.3. The van der Waals surface area contributed by atoms with Crippen LogP contribution in [-0.2, 0) is 21.2 Å². The van der Waals surface area contributed by atoms with Gasteiger partial charge in [0.25, 0.3) is 0 Å². The van der Waals surface area contributed by atoms with Crippen LogP contribution in [0.1, 0.15) is 50.5 Å². The van der Waals surface area contributed by atoms with Crippen LogP contribution in [0.2, 0.25) is 0 Å². The van der Waals surface area contributed by atoms with Crippen molar-refractivity contribution in [2.24, 2.45) is 17.8 Å². The Balaban J connectivity index is 1.28. The van der Waals surface area contributed by atoms with Crippen LogP contribution in [0, 0.1) is 17.8 Å². The Bertz CT molecular complexity index is 780. The molecule has 1 amide bonds. The number of carbonyl (C=O) groups excluding carboxylic acids is 1. The van der Waals surface area contributed by atoms with Crippen LogP contribution < -0.4 is 5.32 Å². The van der Waals surface area contributed by atoms with E-state index in [-0.39, 0.29) is 17.6 Å². The molecule has 2 aliphatic carbocycles. The zero-order chi connectivity index (χ0) is 19.6. The SMILES string of the molecule is O=C(N[C@@H]1C[C@H]2CC[C@@H]1C2)[C@@H]1CCCN(S(=O)(=O)CCCc2ccccc2)C1. The molecule has 3 fully saturated rings. The summed E-state index contributed by atoms with van der Waals surface area (Å²) in [6.07, 6.45) is 7.88. The van der Waals surface area contributed by atoms with Crippen molar-refractivity contribution < 1.29 is 13.2 Å². The number of benzene rings is 1. The van der Waals surface area contributed by atoms with E-state index in [4.69, 9.17) is 0 Å². The van der Waals surface area contributed by atoms with E-state index < -0.39 is 10.0 Å². The third-order valence-electron chi connectivity index (χ3n) is 6.92. The zero-order valence-electron chi connectivity index (χ0n) is 16.6. The highest BCUT2D eigenvalue weighted by molar-refractivity contribution is 7.89. The molecule has 3 aliphatic rings. The predicted molar refractivity (Wildman–Crippen MR) is 110 cm³/mol. The van der Waals surface area contributed by atoms with Crippen molar-refractivity contribution in [3.63, 3.8) is 0 Å². The molecule has 0 radical (unpaired) electrons. The first-order chi connectivity index (χ1) is 13.5. The second kappa shape index (κ2) is 8.54. The number of rotatable bonds is 7. The second-order valence-corrected chi connectivity index (χ2v) is 11.0. The Morgan fingerprint density at radius 3 is 2.64 bits per heavy atom. The highest BCUT2D eigenvalue weighted by Crippen LogP contribution is 2.44. The fourth-order valence-corrected chi connectivity index (χ4v) is 6.95. The van der Waals surface area contributed by atoms with Gasteiger partial charge in [-0.25, -0.2) is 12.7 Å². The van der Waals surface area contributed by atoms with E-state index >= 15 is 0 Å². The summed E-state index contributed by atoms with van der Waals surface area (Å²) in [7, 11) is -3.30. The number of nitrogens with zero attached hydrogens (tertiary/aromatic N) is 1. The molecule has 1 aliphatic heterocycles. The topological polar surface area (TPSA) is 66.5 Å². The average Bonchev–Trinajstić information content (AvgIpc) is 3.32. The molecule has 4 atom stereocenters. The van der Waals surface area contributed by atoms with Crippen molar-refractivity contribution in [1.29, 1.82) is 0 Å². The highest BCUT2D eigenvalue weighted by atomic mass is 32.2. The van der Waals surface area contributed by atoms with E-state index in [1.807, 2.05) is 30.3 Å². The van der Waals surface area contributed by atoms with Gasteiger partial charge < -0.3 is 5.32 Å². The van der Waals surface area contributed by atoms with Crippen LogP contribution in [0.25, 0.3) is 0 Å². The molecule has 4 rings (SSSR count). The minimum Gasteiger partial charge on any atom is -0.353 e. The average molecular weight is 405 g/mol. The summed E-state index contributed by atoms with van der Waals surface area (Å²) in [5.74, 6) is 1.47. The number of nitrogens with one attached hydrogen (secondary N) is 1. The summed E-state index contributed by atoms with van der Waals surface area (Å²) in [5, 5.41) is 3.26. The van der Waals surface area contributed by atoms with Crippen molar-refractivity contribution in [2.45, 2.75) is 57.4 Å². The molecule has 1 heterocycles. The lowest BCUT2D eigenvalue weighted by Crippen LogP contribution is -2.49. The molecule has 0 aromatic heterocycles. The lowest BCUT2D eigenvalue weighted by atomic mass is 9.93. The van der Waals surface area contributed by atoms with Crippen LogP contribution in [0.15, 0.2) is 30.3 Å². The van der Waals surface area contributed by atoms with Crippen LogP contribution >= 0.6 is 0 Å². The quantitative estimate of drug-likeness (QED) is 0.760. The van der Waals surface area contributed by atoms with Gasteiger partial charge in [0.05, 0.1) is 11.7 Å². The molecule has 28 heavy (non-hydrogen) atoms. The number of hydrogen-bond acceptors (Lipinski definition) is 3. The molecule has 0 spiro atoms. The lowest BCUT2D eigenvalue weighted by Gasteiger charge is -2.33. The molecule has 2 bridgehead atoms. The van der Waals surface area contributed by atoms with Crippen molar-refractivity contribution in [1.82, 2.24) is 9.62 Å². The number of amides is 1. The van der Waals surface area contributed by atoms with Crippen molar-refractivity contribution in [2.75, 3.05) is 18.8 Å². The summed E-state index contributed by atoms with van der Waals surface area (Å²) in [6.45, 7) is 0.895. The molecule has 5 nitrogen and oxygen atoms in total. The molecule has 1 N–H and O–H groups in total. The number of carbonyl (C=O) groups is 1. The van der Waals surface area contributed by atoms with E-state index in [0.717, 1.165) is 31.6 Å². The molecule has 1 aromatic rings. The molecule has 1 saturated heterocycles. The fraction of sp³-hybridized carbons (Fsp3) is 0.682. The minimum absolute atomic E-state index is 0.0711. The normalized spacial score (nSPS) is 30.4. The first kappa shape index (κ1) is 19.9. The van der Waals surface area contributed by atoms with Crippen molar-refractivity contribution >= 4 is 15.9 Å². The number of piperidine rings is 1. The van der Waals surface area contributed by atoms with Crippen LogP contribution in [0.5, 0.6) is 0 Å². The van der Waals surface area contributed by atoms with Gasteiger partial charge in [0.15, 0.2) is 0 Å². The van der Waals surface area contributed by atoms with Gasteiger partial charge in [-0.3, -0.25) is 4.79 Å².